The van der Waals surface area contributed by atoms with E-state index in [1.165, 1.54) is 0 Å². The molecular weight excluding hydrogens is 254 g/mol. The number of rotatable bonds is 0. The SMILES string of the molecule is CC1=C=C(C)N2N=NN(C)C2=N1.[O-][Cl+3]([O-])([O-])O. The molecule has 2 aliphatic heterocycles. The summed E-state index contributed by atoms with van der Waals surface area (Å²) in [6.45, 7) is 3.83. The van der Waals surface area contributed by atoms with Crippen molar-refractivity contribution in [1.29, 1.82) is 0 Å². The maximum Gasteiger partial charge on any atom is 0.251 e. The maximum absolute atomic E-state index is 8.60. The number of guanidine groups is 1. The minimum atomic E-state index is -4.69. The second-order valence-electron chi connectivity index (χ2n) is 3.12. The molecule has 0 bridgehead atoms. The zero-order valence-corrected chi connectivity index (χ0v) is 10.0. The molecule has 0 aromatic carbocycles. The van der Waals surface area contributed by atoms with E-state index in [-0.39, 0.29) is 0 Å². The fourth-order valence-corrected chi connectivity index (χ4v) is 1.15. The summed E-state index contributed by atoms with van der Waals surface area (Å²) in [7, 11) is -2.88. The van der Waals surface area contributed by atoms with Gasteiger partial charge in [0.05, 0.1) is 26.3 Å². The van der Waals surface area contributed by atoms with Crippen LogP contribution in [0.4, 0.5) is 0 Å². The van der Waals surface area contributed by atoms with E-state index in [9.17, 15) is 0 Å². The first kappa shape index (κ1) is 13.6. The third kappa shape index (κ3) is 4.11. The molecule has 10 heteroatoms. The number of aliphatic imine (C=N–C) groups is 1. The Kier molecular flexibility index (Phi) is 3.83. The highest BCUT2D eigenvalue weighted by molar-refractivity contribution is 5.83. The van der Waals surface area contributed by atoms with Crippen molar-refractivity contribution < 1.29 is 28.9 Å². The molecule has 0 unspecified atom stereocenters. The summed E-state index contributed by atoms with van der Waals surface area (Å²) in [4.78, 5) is 4.24. The number of halogens is 1. The summed E-state index contributed by atoms with van der Waals surface area (Å²) in [5.41, 5.74) is 4.84. The van der Waals surface area contributed by atoms with E-state index in [2.05, 4.69) is 21.2 Å². The second kappa shape index (κ2) is 4.80. The number of allylic oxidation sites excluding steroid dienone is 1. The first-order valence-electron chi connectivity index (χ1n) is 4.30. The highest BCUT2D eigenvalue weighted by atomic mass is 35.7. The van der Waals surface area contributed by atoms with Crippen LogP contribution in [0.15, 0.2) is 32.6 Å². The van der Waals surface area contributed by atoms with Gasteiger partial charge in [-0.2, -0.15) is 19.0 Å². The van der Waals surface area contributed by atoms with Gasteiger partial charge in [0.2, 0.25) is 0 Å². The van der Waals surface area contributed by atoms with Crippen LogP contribution in [0.1, 0.15) is 13.8 Å². The topological polar surface area (TPSA) is 133 Å². The third-order valence-electron chi connectivity index (χ3n) is 1.69. The fraction of sp³-hybridized carbons (Fsp3) is 0.429. The van der Waals surface area contributed by atoms with Gasteiger partial charge in [0.1, 0.15) is 0 Å². The Bertz CT molecular complexity index is 428. The smallest absolute Gasteiger partial charge is 0.214 e. The van der Waals surface area contributed by atoms with Gasteiger partial charge >= 0.3 is 0 Å². The van der Waals surface area contributed by atoms with Gasteiger partial charge in [0.25, 0.3) is 5.96 Å². The van der Waals surface area contributed by atoms with E-state index in [4.69, 9.17) is 18.6 Å². The molecule has 17 heavy (non-hydrogen) atoms. The summed E-state index contributed by atoms with van der Waals surface area (Å²) in [6, 6.07) is 0. The van der Waals surface area contributed by atoms with E-state index in [1.807, 2.05) is 20.9 Å². The van der Waals surface area contributed by atoms with E-state index in [0.29, 0.717) is 0 Å². The maximum atomic E-state index is 8.60. The highest BCUT2D eigenvalue weighted by Gasteiger charge is 2.25. The molecule has 2 aliphatic rings. The lowest BCUT2D eigenvalue weighted by Crippen LogP contribution is -2.58. The van der Waals surface area contributed by atoms with Crippen LogP contribution < -0.4 is 14.0 Å². The molecule has 0 amide bonds. The Balaban J connectivity index is 0.000000249. The molecule has 0 atom stereocenters. The zero-order chi connectivity index (χ0) is 13.2. The quantitative estimate of drug-likeness (QED) is 0.468. The molecule has 0 aliphatic carbocycles. The second-order valence-corrected chi connectivity index (χ2v) is 3.91. The fourth-order valence-electron chi connectivity index (χ4n) is 1.15. The van der Waals surface area contributed by atoms with Crippen molar-refractivity contribution in [3.63, 3.8) is 0 Å². The summed E-state index contributed by atoms with van der Waals surface area (Å²) < 4.78 is 32.7. The van der Waals surface area contributed by atoms with Crippen molar-refractivity contribution in [3.05, 3.63) is 17.1 Å². The highest BCUT2D eigenvalue weighted by Crippen LogP contribution is 2.19. The van der Waals surface area contributed by atoms with Gasteiger partial charge in [-0.3, -0.25) is 0 Å². The average Bonchev–Trinajstić information content (AvgIpc) is 2.45. The molecule has 0 saturated heterocycles. The molecule has 9 nitrogen and oxygen atoms in total. The van der Waals surface area contributed by atoms with Crippen molar-refractivity contribution in [2.75, 3.05) is 7.05 Å². The predicted octanol–water partition coefficient (Wildman–Crippen LogP) is -2.83. The normalized spacial score (nSPS) is 17.9. The number of hydrogen-bond acceptors (Lipinski definition) is 9. The largest absolute Gasteiger partial charge is 0.251 e. The van der Waals surface area contributed by atoms with Gasteiger partial charge in [-0.15, -0.1) is 0 Å². The predicted molar refractivity (Wildman–Crippen MR) is 46.0 cm³/mol. The van der Waals surface area contributed by atoms with Crippen molar-refractivity contribution in [1.82, 2.24) is 10.0 Å². The monoisotopic (exact) mass is 263 g/mol. The number of hydrogen-bond donors (Lipinski definition) is 1. The van der Waals surface area contributed by atoms with Crippen LogP contribution in [0, 0.1) is 10.2 Å². The van der Waals surface area contributed by atoms with Crippen LogP contribution in [0.25, 0.3) is 0 Å². The van der Waals surface area contributed by atoms with Crippen LogP contribution in [0.3, 0.4) is 0 Å². The van der Waals surface area contributed by atoms with E-state index < -0.39 is 10.2 Å². The molecular formula is C7H10ClN5O4. The first-order valence-corrected chi connectivity index (χ1v) is 5.56. The van der Waals surface area contributed by atoms with Crippen molar-refractivity contribution in [3.8, 4) is 0 Å². The lowest BCUT2D eigenvalue weighted by atomic mass is 10.4. The van der Waals surface area contributed by atoms with Gasteiger partial charge in [-0.05, 0) is 24.3 Å². The summed E-state index contributed by atoms with van der Waals surface area (Å²) in [5, 5.41) is 11.0. The average molecular weight is 264 g/mol. The van der Waals surface area contributed by atoms with E-state index in [0.717, 1.165) is 17.4 Å². The Morgan fingerprint density at radius 1 is 1.24 bits per heavy atom. The van der Waals surface area contributed by atoms with Crippen LogP contribution >= 0.6 is 0 Å². The molecule has 0 saturated carbocycles. The Morgan fingerprint density at radius 2 is 1.76 bits per heavy atom. The zero-order valence-electron chi connectivity index (χ0n) is 9.29. The van der Waals surface area contributed by atoms with E-state index in [1.54, 1.807) is 10.0 Å². The minimum Gasteiger partial charge on any atom is -0.214 e. The van der Waals surface area contributed by atoms with Gasteiger partial charge in [0, 0.05) is 7.05 Å². The Morgan fingerprint density at radius 3 is 2.29 bits per heavy atom. The lowest BCUT2D eigenvalue weighted by molar-refractivity contribution is -1.92. The summed E-state index contributed by atoms with van der Waals surface area (Å²) in [5.74, 6) is 0.740. The summed E-state index contributed by atoms with van der Waals surface area (Å²) >= 11 is 0. The molecule has 94 valence electrons. The minimum absolute atomic E-state index is 0.740. The lowest BCUT2D eigenvalue weighted by Gasteiger charge is -2.17. The molecule has 0 aromatic heterocycles. The van der Waals surface area contributed by atoms with Crippen molar-refractivity contribution >= 4 is 5.96 Å². The Hall–Kier alpha value is -1.48. The summed E-state index contributed by atoms with van der Waals surface area (Å²) in [6.07, 6.45) is 0. The molecule has 2 heterocycles. The third-order valence-corrected chi connectivity index (χ3v) is 1.69. The van der Waals surface area contributed by atoms with Gasteiger partial charge in [0.15, 0.2) is 0 Å². The molecule has 0 spiro atoms. The van der Waals surface area contributed by atoms with Crippen LogP contribution in [0.2, 0.25) is 0 Å². The standard InChI is InChI=1S/C7H9N5.ClHO4/c1-5-4-6(2)12-7(8-5)11(3)9-10-12;2-1(3,4)5/h1-3H3;(H,2,3,4,5). The van der Waals surface area contributed by atoms with Gasteiger partial charge < -0.3 is 0 Å². The number of nitrogens with zero attached hydrogens (tertiary/aromatic N) is 5. The van der Waals surface area contributed by atoms with Gasteiger partial charge in [-0.25, -0.2) is 10.0 Å². The molecule has 0 radical (unpaired) electrons. The number of fused-ring (bicyclic) bond motifs is 1. The van der Waals surface area contributed by atoms with E-state index >= 15 is 0 Å². The van der Waals surface area contributed by atoms with Gasteiger partial charge in [-0.1, -0.05) is 5.73 Å². The van der Waals surface area contributed by atoms with Crippen LogP contribution in [-0.4, -0.2) is 27.7 Å². The van der Waals surface area contributed by atoms with Crippen molar-refractivity contribution in [2.45, 2.75) is 13.8 Å². The molecule has 0 fully saturated rings. The molecule has 0 aromatic rings. The van der Waals surface area contributed by atoms with Crippen LogP contribution in [-0.2, 0) is 0 Å². The first-order chi connectivity index (χ1) is 7.68. The van der Waals surface area contributed by atoms with Crippen molar-refractivity contribution in [2.24, 2.45) is 15.4 Å². The van der Waals surface area contributed by atoms with Crippen LogP contribution in [0.5, 0.6) is 0 Å². The molecule has 2 rings (SSSR count). The molecule has 1 N–H and O–H groups in total. The Labute approximate surface area is 99.0 Å².